The minimum atomic E-state index is -0.660. The highest BCUT2D eigenvalue weighted by Gasteiger charge is 2.19. The average molecular weight is 441 g/mol. The number of hydrogen-bond acceptors (Lipinski definition) is 4. The molecule has 5 nitrogen and oxygen atoms in total. The molecule has 1 N–H and O–H groups in total. The summed E-state index contributed by atoms with van der Waals surface area (Å²) in [5.41, 5.74) is 3.32. The Bertz CT molecular complexity index is 1000. The van der Waals surface area contributed by atoms with Crippen LogP contribution in [0.1, 0.15) is 18.9 Å². The Morgan fingerprint density at radius 3 is 2.64 bits per heavy atom. The van der Waals surface area contributed by atoms with Gasteiger partial charge in [0, 0.05) is 5.56 Å². The molecule has 1 atom stereocenters. The van der Waals surface area contributed by atoms with Gasteiger partial charge in [0.2, 0.25) is 0 Å². The Labute approximate surface area is 172 Å². The van der Waals surface area contributed by atoms with Crippen LogP contribution in [-0.4, -0.2) is 25.3 Å². The fourth-order valence-corrected chi connectivity index (χ4v) is 3.38. The summed E-state index contributed by atoms with van der Waals surface area (Å²) in [7, 11) is 1.59. The van der Waals surface area contributed by atoms with E-state index in [9.17, 15) is 4.79 Å². The number of methoxy groups -OCH3 is 1. The molecule has 3 rings (SSSR count). The van der Waals surface area contributed by atoms with Crippen molar-refractivity contribution in [2.24, 2.45) is 5.10 Å². The first kappa shape index (κ1) is 19.9. The van der Waals surface area contributed by atoms with E-state index in [2.05, 4.69) is 26.5 Å². The van der Waals surface area contributed by atoms with Crippen LogP contribution in [0.5, 0.6) is 11.5 Å². The van der Waals surface area contributed by atoms with Crippen LogP contribution in [0, 0.1) is 0 Å². The normalized spacial score (nSPS) is 12.1. The molecule has 28 heavy (non-hydrogen) atoms. The second-order valence-electron chi connectivity index (χ2n) is 6.09. The maximum absolute atomic E-state index is 12.5. The fraction of sp³-hybridized carbons (Fsp3) is 0.182. The quantitative estimate of drug-likeness (QED) is 0.418. The third-order valence-electron chi connectivity index (χ3n) is 4.28. The molecule has 3 aromatic rings. The maximum Gasteiger partial charge on any atom is 0.281 e. The Morgan fingerprint density at radius 1 is 1.11 bits per heavy atom. The van der Waals surface area contributed by atoms with Gasteiger partial charge in [0.05, 0.1) is 17.8 Å². The number of nitrogens with one attached hydrogen (secondary N) is 1. The lowest BCUT2D eigenvalue weighted by atomic mass is 10.1. The van der Waals surface area contributed by atoms with Crippen molar-refractivity contribution >= 4 is 38.8 Å². The lowest BCUT2D eigenvalue weighted by molar-refractivity contribution is -0.128. The van der Waals surface area contributed by atoms with Gasteiger partial charge in [-0.25, -0.2) is 5.43 Å². The number of halogens is 1. The van der Waals surface area contributed by atoms with Crippen LogP contribution in [0.15, 0.2) is 70.2 Å². The molecule has 0 aliphatic rings. The first-order chi connectivity index (χ1) is 13.6. The highest BCUT2D eigenvalue weighted by Crippen LogP contribution is 2.33. The number of para-hydroxylation sites is 1. The number of rotatable bonds is 7. The largest absolute Gasteiger partial charge is 0.496 e. The zero-order chi connectivity index (χ0) is 19.9. The van der Waals surface area contributed by atoms with Crippen LogP contribution in [0.25, 0.3) is 10.8 Å². The Morgan fingerprint density at radius 2 is 1.86 bits per heavy atom. The topological polar surface area (TPSA) is 59.9 Å². The molecule has 0 aliphatic carbocycles. The smallest absolute Gasteiger partial charge is 0.281 e. The second-order valence-corrected chi connectivity index (χ2v) is 6.88. The van der Waals surface area contributed by atoms with Crippen LogP contribution in [0.3, 0.4) is 0 Å². The third-order valence-corrected chi connectivity index (χ3v) is 5.10. The molecule has 0 fully saturated rings. The summed E-state index contributed by atoms with van der Waals surface area (Å²) in [6.07, 6.45) is 1.40. The molecule has 0 spiro atoms. The minimum absolute atomic E-state index is 0.311. The van der Waals surface area contributed by atoms with Crippen molar-refractivity contribution in [3.63, 3.8) is 0 Å². The number of nitrogens with zero attached hydrogens (tertiary/aromatic N) is 1. The molecular formula is C22H21BrN2O3. The van der Waals surface area contributed by atoms with Crippen molar-refractivity contribution in [1.82, 2.24) is 5.43 Å². The fourth-order valence-electron chi connectivity index (χ4n) is 2.79. The predicted molar refractivity (Wildman–Crippen MR) is 115 cm³/mol. The van der Waals surface area contributed by atoms with E-state index in [-0.39, 0.29) is 5.91 Å². The van der Waals surface area contributed by atoms with Gasteiger partial charge in [-0.2, -0.15) is 5.10 Å². The van der Waals surface area contributed by atoms with Gasteiger partial charge >= 0.3 is 0 Å². The SMILES string of the molecule is CC[C@H](Oc1ccc2ccccc2c1Br)C(=O)N/N=C\c1ccccc1OC. The Hall–Kier alpha value is -2.86. The van der Waals surface area contributed by atoms with E-state index in [1.165, 1.54) is 0 Å². The number of carbonyl (C=O) groups excluding carboxylic acids is 1. The average Bonchev–Trinajstić information content (AvgIpc) is 2.73. The molecular weight excluding hydrogens is 420 g/mol. The van der Waals surface area contributed by atoms with E-state index < -0.39 is 6.10 Å². The molecule has 1 amide bonds. The summed E-state index contributed by atoms with van der Waals surface area (Å²) in [5.74, 6) is 0.993. The highest BCUT2D eigenvalue weighted by atomic mass is 79.9. The van der Waals surface area contributed by atoms with Crippen molar-refractivity contribution in [1.29, 1.82) is 0 Å². The van der Waals surface area contributed by atoms with Crippen molar-refractivity contribution in [2.75, 3.05) is 7.11 Å². The highest BCUT2D eigenvalue weighted by molar-refractivity contribution is 9.10. The van der Waals surface area contributed by atoms with Crippen molar-refractivity contribution in [2.45, 2.75) is 19.4 Å². The van der Waals surface area contributed by atoms with Crippen LogP contribution < -0.4 is 14.9 Å². The van der Waals surface area contributed by atoms with E-state index in [0.717, 1.165) is 20.8 Å². The Balaban J connectivity index is 1.70. The number of hydrogen-bond donors (Lipinski definition) is 1. The lowest BCUT2D eigenvalue weighted by Gasteiger charge is -2.17. The number of ether oxygens (including phenoxy) is 2. The van der Waals surface area contributed by atoms with Gasteiger partial charge in [-0.05, 0) is 51.3 Å². The summed E-state index contributed by atoms with van der Waals surface area (Å²) >= 11 is 3.59. The van der Waals surface area contributed by atoms with Crippen molar-refractivity contribution < 1.29 is 14.3 Å². The standard InChI is InChI=1S/C22H21BrN2O3/c1-3-18(22(26)25-24-14-16-9-5-7-11-19(16)27-2)28-20-13-12-15-8-4-6-10-17(15)21(20)23/h4-14,18H,3H2,1-2H3,(H,25,26)/b24-14-/t18-/m0/s1. The molecule has 0 saturated heterocycles. The molecule has 0 aromatic heterocycles. The van der Waals surface area contributed by atoms with E-state index >= 15 is 0 Å². The molecule has 0 radical (unpaired) electrons. The van der Waals surface area contributed by atoms with Crippen molar-refractivity contribution in [3.8, 4) is 11.5 Å². The molecule has 0 bridgehead atoms. The van der Waals surface area contributed by atoms with Gasteiger partial charge < -0.3 is 9.47 Å². The number of carbonyl (C=O) groups is 1. The molecule has 6 heteroatoms. The summed E-state index contributed by atoms with van der Waals surface area (Å²) in [4.78, 5) is 12.5. The Kier molecular flexibility index (Phi) is 6.66. The first-order valence-electron chi connectivity index (χ1n) is 8.94. The second kappa shape index (κ2) is 9.37. The molecule has 0 aliphatic heterocycles. The van der Waals surface area contributed by atoms with E-state index in [1.807, 2.05) is 67.6 Å². The van der Waals surface area contributed by atoms with Gasteiger partial charge in [-0.3, -0.25) is 4.79 Å². The lowest BCUT2D eigenvalue weighted by Crippen LogP contribution is -2.35. The van der Waals surface area contributed by atoms with Gasteiger partial charge in [-0.1, -0.05) is 49.4 Å². The van der Waals surface area contributed by atoms with E-state index in [0.29, 0.717) is 17.9 Å². The molecule has 144 valence electrons. The molecule has 3 aromatic carbocycles. The van der Waals surface area contributed by atoms with Crippen LogP contribution in [-0.2, 0) is 4.79 Å². The van der Waals surface area contributed by atoms with Crippen LogP contribution >= 0.6 is 15.9 Å². The summed E-state index contributed by atoms with van der Waals surface area (Å²) in [5, 5.41) is 6.17. The van der Waals surface area contributed by atoms with Gasteiger partial charge in [0.15, 0.2) is 6.10 Å². The maximum atomic E-state index is 12.5. The van der Waals surface area contributed by atoms with Gasteiger partial charge in [0.25, 0.3) is 5.91 Å². The van der Waals surface area contributed by atoms with E-state index in [4.69, 9.17) is 9.47 Å². The zero-order valence-corrected chi connectivity index (χ0v) is 17.3. The number of amides is 1. The molecule has 0 unspecified atom stereocenters. The summed E-state index contributed by atoms with van der Waals surface area (Å²) < 4.78 is 12.0. The number of fused-ring (bicyclic) bond motifs is 1. The number of benzene rings is 3. The third kappa shape index (κ3) is 4.51. The van der Waals surface area contributed by atoms with Crippen LogP contribution in [0.2, 0.25) is 0 Å². The summed E-state index contributed by atoms with van der Waals surface area (Å²) in [6, 6.07) is 19.3. The summed E-state index contributed by atoms with van der Waals surface area (Å²) in [6.45, 7) is 1.89. The van der Waals surface area contributed by atoms with Crippen LogP contribution in [0.4, 0.5) is 0 Å². The molecule has 0 heterocycles. The van der Waals surface area contributed by atoms with Crippen molar-refractivity contribution in [3.05, 3.63) is 70.7 Å². The first-order valence-corrected chi connectivity index (χ1v) is 9.73. The monoisotopic (exact) mass is 440 g/mol. The van der Waals surface area contributed by atoms with Gasteiger partial charge in [-0.15, -0.1) is 0 Å². The van der Waals surface area contributed by atoms with Gasteiger partial charge in [0.1, 0.15) is 11.5 Å². The molecule has 0 saturated carbocycles. The van der Waals surface area contributed by atoms with E-state index in [1.54, 1.807) is 13.3 Å². The number of hydrazone groups is 1. The minimum Gasteiger partial charge on any atom is -0.496 e. The predicted octanol–water partition coefficient (Wildman–Crippen LogP) is 4.92. The zero-order valence-electron chi connectivity index (χ0n) is 15.7.